The van der Waals surface area contributed by atoms with Gasteiger partial charge in [-0.15, -0.1) is 11.3 Å². The lowest BCUT2D eigenvalue weighted by atomic mass is 10.1. The third kappa shape index (κ3) is 2.57. The van der Waals surface area contributed by atoms with Crippen molar-refractivity contribution in [3.05, 3.63) is 21.9 Å². The molecular weight excluding hydrogens is 196 g/mol. The van der Waals surface area contributed by atoms with Gasteiger partial charge in [0.1, 0.15) is 5.54 Å². The highest BCUT2D eigenvalue weighted by Crippen LogP contribution is 2.13. The minimum atomic E-state index is -0.813. The molecule has 0 aliphatic carbocycles. The zero-order valence-corrected chi connectivity index (χ0v) is 9.23. The molecule has 1 aromatic heterocycles. The third-order valence-electron chi connectivity index (χ3n) is 1.70. The van der Waals surface area contributed by atoms with E-state index in [-0.39, 0.29) is 5.91 Å². The number of amides is 1. The van der Waals surface area contributed by atoms with Crippen LogP contribution in [0.1, 0.15) is 29.1 Å². The smallest absolute Gasteiger partial charge is 0.253 e. The quantitative estimate of drug-likeness (QED) is 0.809. The molecular formula is C10H12N2OS. The molecule has 0 aromatic carbocycles. The fourth-order valence-electron chi connectivity index (χ4n) is 0.946. The fraction of sp³-hybridized carbons (Fsp3) is 0.400. The van der Waals surface area contributed by atoms with Crippen molar-refractivity contribution in [3.8, 4) is 6.07 Å². The lowest BCUT2D eigenvalue weighted by molar-refractivity contribution is 0.0929. The van der Waals surface area contributed by atoms with E-state index in [2.05, 4.69) is 5.32 Å². The Labute approximate surface area is 87.4 Å². The Morgan fingerprint density at radius 1 is 1.64 bits per heavy atom. The molecule has 3 nitrogen and oxygen atoms in total. The minimum Gasteiger partial charge on any atom is -0.334 e. The van der Waals surface area contributed by atoms with Crippen LogP contribution >= 0.6 is 11.3 Å². The molecule has 1 N–H and O–H groups in total. The normalized spacial score (nSPS) is 10.7. The molecule has 0 spiro atoms. The van der Waals surface area contributed by atoms with Gasteiger partial charge in [-0.1, -0.05) is 0 Å². The van der Waals surface area contributed by atoms with Gasteiger partial charge in [0.2, 0.25) is 0 Å². The lowest BCUT2D eigenvalue weighted by Crippen LogP contribution is -2.41. The first-order chi connectivity index (χ1) is 6.44. The maximum atomic E-state index is 11.6. The minimum absolute atomic E-state index is 0.194. The van der Waals surface area contributed by atoms with Crippen LogP contribution in [-0.4, -0.2) is 11.4 Å². The summed E-state index contributed by atoms with van der Waals surface area (Å²) in [7, 11) is 0. The predicted octanol–water partition coefficient (Wildman–Crippen LogP) is 2.09. The average molecular weight is 208 g/mol. The van der Waals surface area contributed by atoms with E-state index in [9.17, 15) is 4.79 Å². The summed E-state index contributed by atoms with van der Waals surface area (Å²) in [6, 6.07) is 3.83. The molecule has 1 heterocycles. The van der Waals surface area contributed by atoms with Gasteiger partial charge >= 0.3 is 0 Å². The summed E-state index contributed by atoms with van der Waals surface area (Å²) in [5, 5.41) is 13.2. The van der Waals surface area contributed by atoms with E-state index in [0.29, 0.717) is 5.56 Å². The van der Waals surface area contributed by atoms with Crippen LogP contribution in [0.5, 0.6) is 0 Å². The molecule has 0 aliphatic heterocycles. The van der Waals surface area contributed by atoms with Gasteiger partial charge < -0.3 is 5.32 Å². The number of hydrogen-bond donors (Lipinski definition) is 1. The molecule has 0 atom stereocenters. The van der Waals surface area contributed by atoms with Crippen molar-refractivity contribution in [3.63, 3.8) is 0 Å². The Morgan fingerprint density at radius 3 is 2.71 bits per heavy atom. The van der Waals surface area contributed by atoms with Crippen molar-refractivity contribution in [2.24, 2.45) is 0 Å². The number of nitrogens with zero attached hydrogens (tertiary/aromatic N) is 1. The van der Waals surface area contributed by atoms with Crippen LogP contribution in [-0.2, 0) is 0 Å². The molecule has 0 saturated heterocycles. The summed E-state index contributed by atoms with van der Waals surface area (Å²) in [5.41, 5.74) is -0.191. The molecule has 0 unspecified atom stereocenters. The number of nitriles is 1. The second kappa shape index (κ2) is 3.81. The van der Waals surface area contributed by atoms with Crippen molar-refractivity contribution >= 4 is 17.2 Å². The van der Waals surface area contributed by atoms with Gasteiger partial charge in [0, 0.05) is 10.3 Å². The van der Waals surface area contributed by atoms with Gasteiger partial charge in [-0.3, -0.25) is 4.79 Å². The van der Waals surface area contributed by atoms with Gasteiger partial charge in [-0.25, -0.2) is 0 Å². The van der Waals surface area contributed by atoms with E-state index >= 15 is 0 Å². The Hall–Kier alpha value is -1.34. The van der Waals surface area contributed by atoms with Crippen LogP contribution < -0.4 is 5.32 Å². The third-order valence-corrected chi connectivity index (χ3v) is 2.56. The van der Waals surface area contributed by atoms with Crippen LogP contribution in [0.2, 0.25) is 0 Å². The molecule has 0 fully saturated rings. The topological polar surface area (TPSA) is 52.9 Å². The highest BCUT2D eigenvalue weighted by molar-refractivity contribution is 7.10. The second-order valence-corrected chi connectivity index (χ2v) is 4.75. The molecule has 0 bridgehead atoms. The first-order valence-corrected chi connectivity index (χ1v) is 5.11. The molecule has 74 valence electrons. The Kier molecular flexibility index (Phi) is 2.92. The summed E-state index contributed by atoms with van der Waals surface area (Å²) in [6.45, 7) is 5.28. The largest absolute Gasteiger partial charge is 0.334 e. The second-order valence-electron chi connectivity index (χ2n) is 3.64. The number of aryl methyl sites for hydroxylation is 1. The Morgan fingerprint density at radius 2 is 2.29 bits per heavy atom. The Bertz CT molecular complexity index is 387. The zero-order valence-electron chi connectivity index (χ0n) is 8.42. The van der Waals surface area contributed by atoms with E-state index in [1.165, 1.54) is 11.3 Å². The summed E-state index contributed by atoms with van der Waals surface area (Å²) >= 11 is 1.52. The van der Waals surface area contributed by atoms with Crippen molar-refractivity contribution in [1.29, 1.82) is 5.26 Å². The van der Waals surface area contributed by atoms with Gasteiger partial charge in [0.15, 0.2) is 0 Å². The first kappa shape index (κ1) is 10.7. The standard InChI is InChI=1S/C10H12N2OS/c1-7-4-8(5-14-7)9(13)12-10(2,3)6-11/h4-5H,1-3H3,(H,12,13). The summed E-state index contributed by atoms with van der Waals surface area (Å²) in [4.78, 5) is 12.7. The number of carbonyl (C=O) groups is 1. The van der Waals surface area contributed by atoms with Gasteiger partial charge in [-0.05, 0) is 26.8 Å². The van der Waals surface area contributed by atoms with E-state index in [0.717, 1.165) is 4.88 Å². The maximum Gasteiger partial charge on any atom is 0.253 e. The highest BCUT2D eigenvalue weighted by atomic mass is 32.1. The molecule has 4 heteroatoms. The summed E-state index contributed by atoms with van der Waals surface area (Å²) in [6.07, 6.45) is 0. The summed E-state index contributed by atoms with van der Waals surface area (Å²) in [5.74, 6) is -0.194. The number of thiophene rings is 1. The Balaban J connectivity index is 2.74. The molecule has 0 aliphatic rings. The first-order valence-electron chi connectivity index (χ1n) is 4.23. The van der Waals surface area contributed by atoms with Crippen LogP contribution in [0.4, 0.5) is 0 Å². The molecule has 0 saturated carbocycles. The van der Waals surface area contributed by atoms with E-state index < -0.39 is 5.54 Å². The molecule has 0 radical (unpaired) electrons. The van der Waals surface area contributed by atoms with Crippen LogP contribution in [0.3, 0.4) is 0 Å². The highest BCUT2D eigenvalue weighted by Gasteiger charge is 2.20. The van der Waals surface area contributed by atoms with Crippen molar-refractivity contribution in [1.82, 2.24) is 5.32 Å². The van der Waals surface area contributed by atoms with Crippen molar-refractivity contribution in [2.45, 2.75) is 26.3 Å². The monoisotopic (exact) mass is 208 g/mol. The average Bonchev–Trinajstić information content (AvgIpc) is 2.51. The van der Waals surface area contributed by atoms with Crippen LogP contribution in [0, 0.1) is 18.3 Å². The number of hydrogen-bond acceptors (Lipinski definition) is 3. The maximum absolute atomic E-state index is 11.6. The fourth-order valence-corrected chi connectivity index (χ4v) is 1.63. The predicted molar refractivity (Wildman–Crippen MR) is 56.2 cm³/mol. The molecule has 1 amide bonds. The number of rotatable bonds is 2. The van der Waals surface area contributed by atoms with Crippen LogP contribution in [0.25, 0.3) is 0 Å². The molecule has 1 aromatic rings. The van der Waals surface area contributed by atoms with Crippen molar-refractivity contribution < 1.29 is 4.79 Å². The summed E-state index contributed by atoms with van der Waals surface area (Å²) < 4.78 is 0. The van der Waals surface area contributed by atoms with Gasteiger partial charge in [-0.2, -0.15) is 5.26 Å². The van der Waals surface area contributed by atoms with Gasteiger partial charge in [0.05, 0.1) is 11.6 Å². The SMILES string of the molecule is Cc1cc(C(=O)NC(C)(C)C#N)cs1. The molecule has 14 heavy (non-hydrogen) atoms. The van der Waals surface area contributed by atoms with Crippen LogP contribution in [0.15, 0.2) is 11.4 Å². The van der Waals surface area contributed by atoms with E-state index in [4.69, 9.17) is 5.26 Å². The van der Waals surface area contributed by atoms with Gasteiger partial charge in [0.25, 0.3) is 5.91 Å². The number of carbonyl (C=O) groups excluding carboxylic acids is 1. The van der Waals surface area contributed by atoms with E-state index in [1.54, 1.807) is 19.2 Å². The molecule has 1 rings (SSSR count). The number of nitrogens with one attached hydrogen (secondary N) is 1. The lowest BCUT2D eigenvalue weighted by Gasteiger charge is -2.16. The zero-order chi connectivity index (χ0) is 10.8. The van der Waals surface area contributed by atoms with Crippen molar-refractivity contribution in [2.75, 3.05) is 0 Å². The van der Waals surface area contributed by atoms with E-state index in [1.807, 2.05) is 19.1 Å².